The molecule has 0 spiro atoms. The highest BCUT2D eigenvalue weighted by atomic mass is 32.2. The number of carbonyl (C=O) groups is 2. The fourth-order valence-corrected chi connectivity index (χ4v) is 7.04. The van der Waals surface area contributed by atoms with E-state index in [2.05, 4.69) is 16.3 Å². The monoisotopic (exact) mass is 649 g/mol. The summed E-state index contributed by atoms with van der Waals surface area (Å²) >= 11 is 1.37. The SMILES string of the molecule is Cc1ccc(S(=O)(=O)c2ccc(Oc3ccc(CC(=O)CSCC(C)(C(=O)NCCCN(C)C)C(C)(C)C#N)cc3)cc2)cc1. The summed E-state index contributed by atoms with van der Waals surface area (Å²) in [5.74, 6) is 1.45. The second-order valence-electron chi connectivity index (χ2n) is 12.2. The molecule has 240 valence electrons. The third-order valence-corrected chi connectivity index (χ3v) is 11.0. The fourth-order valence-electron chi connectivity index (χ4n) is 4.44. The van der Waals surface area contributed by atoms with Crippen molar-refractivity contribution in [2.75, 3.05) is 38.7 Å². The number of carbonyl (C=O) groups excluding carboxylic acids is 2. The molecule has 0 fully saturated rings. The average Bonchev–Trinajstić information content (AvgIpc) is 3.00. The summed E-state index contributed by atoms with van der Waals surface area (Å²) in [7, 11) is 0.332. The highest BCUT2D eigenvalue weighted by Gasteiger charge is 2.47. The van der Waals surface area contributed by atoms with Gasteiger partial charge in [-0.2, -0.15) is 17.0 Å². The first-order valence-corrected chi connectivity index (χ1v) is 17.4. The zero-order valence-electron chi connectivity index (χ0n) is 26.9. The van der Waals surface area contributed by atoms with Crippen LogP contribution in [-0.4, -0.2) is 63.7 Å². The standard InChI is InChI=1S/C35H43N3O5S2/c1-26-8-16-31(17-9-26)45(41,42)32-18-14-30(15-19-32)43-29-12-10-27(11-13-29)22-28(39)23-44-25-35(4,34(2,3)24-36)33(40)37-20-7-21-38(5)6/h8-19H,7,20-23,25H2,1-6H3,(H,37,40). The maximum atomic E-state index is 13.2. The molecular formula is C35H43N3O5S2. The lowest BCUT2D eigenvalue weighted by molar-refractivity contribution is -0.133. The number of nitriles is 1. The molecule has 0 radical (unpaired) electrons. The van der Waals surface area contributed by atoms with E-state index < -0.39 is 20.7 Å². The van der Waals surface area contributed by atoms with Crippen LogP contribution in [0.1, 0.15) is 38.3 Å². The van der Waals surface area contributed by atoms with Crippen LogP contribution >= 0.6 is 11.8 Å². The Kier molecular flexibility index (Phi) is 12.4. The minimum Gasteiger partial charge on any atom is -0.457 e. The van der Waals surface area contributed by atoms with Crippen LogP contribution in [0.4, 0.5) is 0 Å². The Morgan fingerprint density at radius 2 is 1.44 bits per heavy atom. The van der Waals surface area contributed by atoms with Crippen LogP contribution in [0.5, 0.6) is 11.5 Å². The number of ketones is 1. The highest BCUT2D eigenvalue weighted by Crippen LogP contribution is 2.41. The van der Waals surface area contributed by atoms with Gasteiger partial charge in [0.2, 0.25) is 15.7 Å². The van der Waals surface area contributed by atoms with E-state index in [1.807, 2.05) is 33.2 Å². The first-order valence-electron chi connectivity index (χ1n) is 14.8. The Labute approximate surface area is 272 Å². The van der Waals surface area contributed by atoms with E-state index >= 15 is 0 Å². The van der Waals surface area contributed by atoms with Gasteiger partial charge < -0.3 is 15.0 Å². The maximum absolute atomic E-state index is 13.2. The summed E-state index contributed by atoms with van der Waals surface area (Å²) in [5.41, 5.74) is -0.0718. The molecule has 0 aromatic heterocycles. The summed E-state index contributed by atoms with van der Waals surface area (Å²) < 4.78 is 31.7. The van der Waals surface area contributed by atoms with Crippen molar-refractivity contribution in [1.82, 2.24) is 10.2 Å². The Morgan fingerprint density at radius 3 is 1.98 bits per heavy atom. The van der Waals surface area contributed by atoms with Crippen LogP contribution in [0.2, 0.25) is 0 Å². The number of Topliss-reactive ketones (excluding diaryl/α,β-unsaturated/α-hetero) is 1. The minimum atomic E-state index is -3.62. The third kappa shape index (κ3) is 9.67. The topological polar surface area (TPSA) is 117 Å². The molecule has 0 aliphatic carbocycles. The Balaban J connectivity index is 1.53. The molecule has 1 N–H and O–H groups in total. The first kappa shape index (κ1) is 35.8. The molecule has 1 unspecified atom stereocenters. The van der Waals surface area contributed by atoms with Gasteiger partial charge in [-0.05, 0) is 109 Å². The number of thioether (sulfide) groups is 1. The van der Waals surface area contributed by atoms with E-state index in [9.17, 15) is 23.3 Å². The molecule has 1 atom stereocenters. The van der Waals surface area contributed by atoms with Crippen molar-refractivity contribution in [2.24, 2.45) is 10.8 Å². The zero-order chi connectivity index (χ0) is 33.3. The fraction of sp³-hybridized carbons (Fsp3) is 0.400. The summed E-state index contributed by atoms with van der Waals surface area (Å²) in [6, 6.07) is 22.4. The van der Waals surface area contributed by atoms with E-state index in [0.29, 0.717) is 23.8 Å². The Bertz CT molecular complexity index is 1590. The van der Waals surface area contributed by atoms with E-state index in [1.165, 1.54) is 23.9 Å². The lowest BCUT2D eigenvalue weighted by Gasteiger charge is -2.38. The number of hydrogen-bond acceptors (Lipinski definition) is 8. The number of benzene rings is 3. The van der Waals surface area contributed by atoms with Gasteiger partial charge in [-0.3, -0.25) is 9.59 Å². The number of nitrogens with zero attached hydrogens (tertiary/aromatic N) is 2. The quantitative estimate of drug-likeness (QED) is 0.185. The molecule has 0 aliphatic heterocycles. The first-order chi connectivity index (χ1) is 21.2. The number of sulfone groups is 1. The third-order valence-electron chi connectivity index (χ3n) is 7.91. The van der Waals surface area contributed by atoms with E-state index in [-0.39, 0.29) is 33.7 Å². The molecule has 3 aromatic rings. The molecule has 0 heterocycles. The molecule has 3 aromatic carbocycles. The molecule has 0 aliphatic rings. The number of hydrogen-bond donors (Lipinski definition) is 1. The van der Waals surface area contributed by atoms with Gasteiger partial charge in [-0.1, -0.05) is 29.8 Å². The predicted molar refractivity (Wildman–Crippen MR) is 179 cm³/mol. The normalized spacial score (nSPS) is 13.1. The summed E-state index contributed by atoms with van der Waals surface area (Å²) in [6.07, 6.45) is 1.04. The van der Waals surface area contributed by atoms with Gasteiger partial charge in [-0.15, -0.1) is 0 Å². The lowest BCUT2D eigenvalue weighted by Crippen LogP contribution is -2.50. The van der Waals surface area contributed by atoms with Gasteiger partial charge in [0.15, 0.2) is 0 Å². The average molecular weight is 650 g/mol. The van der Waals surface area contributed by atoms with Crippen LogP contribution in [0.15, 0.2) is 82.6 Å². The van der Waals surface area contributed by atoms with Crippen LogP contribution < -0.4 is 10.1 Å². The van der Waals surface area contributed by atoms with Gasteiger partial charge >= 0.3 is 0 Å². The van der Waals surface area contributed by atoms with Crippen molar-refractivity contribution in [3.8, 4) is 17.6 Å². The van der Waals surface area contributed by atoms with Crippen molar-refractivity contribution in [3.63, 3.8) is 0 Å². The van der Waals surface area contributed by atoms with Gasteiger partial charge in [0.25, 0.3) is 0 Å². The van der Waals surface area contributed by atoms with Crippen molar-refractivity contribution in [2.45, 2.75) is 50.3 Å². The van der Waals surface area contributed by atoms with Gasteiger partial charge in [0.05, 0.1) is 32.4 Å². The highest BCUT2D eigenvalue weighted by molar-refractivity contribution is 8.00. The lowest BCUT2D eigenvalue weighted by atomic mass is 9.68. The molecule has 45 heavy (non-hydrogen) atoms. The van der Waals surface area contributed by atoms with Crippen LogP contribution in [0, 0.1) is 29.1 Å². The molecule has 3 rings (SSSR count). The molecular weight excluding hydrogens is 607 g/mol. The van der Waals surface area contributed by atoms with E-state index in [4.69, 9.17) is 4.74 Å². The van der Waals surface area contributed by atoms with Gasteiger partial charge in [0.1, 0.15) is 17.3 Å². The van der Waals surface area contributed by atoms with E-state index in [0.717, 1.165) is 24.1 Å². The van der Waals surface area contributed by atoms with Gasteiger partial charge in [-0.25, -0.2) is 8.42 Å². The number of amides is 1. The smallest absolute Gasteiger partial charge is 0.228 e. The minimum absolute atomic E-state index is 0.0162. The van der Waals surface area contributed by atoms with Crippen LogP contribution in [0.3, 0.4) is 0 Å². The van der Waals surface area contributed by atoms with Crippen molar-refractivity contribution >= 4 is 33.3 Å². The largest absolute Gasteiger partial charge is 0.457 e. The van der Waals surface area contributed by atoms with Crippen molar-refractivity contribution in [3.05, 3.63) is 83.9 Å². The van der Waals surface area contributed by atoms with Crippen LogP contribution in [-0.2, 0) is 25.8 Å². The zero-order valence-corrected chi connectivity index (χ0v) is 28.6. The Morgan fingerprint density at radius 1 is 0.911 bits per heavy atom. The maximum Gasteiger partial charge on any atom is 0.228 e. The van der Waals surface area contributed by atoms with Crippen molar-refractivity contribution in [1.29, 1.82) is 5.26 Å². The number of ether oxygens (including phenoxy) is 1. The Hall–Kier alpha value is -3.65. The van der Waals surface area contributed by atoms with Gasteiger partial charge in [0, 0.05) is 18.7 Å². The van der Waals surface area contributed by atoms with Crippen LogP contribution in [0.25, 0.3) is 0 Å². The molecule has 0 saturated carbocycles. The molecule has 8 nitrogen and oxygen atoms in total. The number of rotatable bonds is 16. The molecule has 0 saturated heterocycles. The number of nitrogens with one attached hydrogen (secondary N) is 1. The second-order valence-corrected chi connectivity index (χ2v) is 15.2. The predicted octanol–water partition coefficient (Wildman–Crippen LogP) is 6.09. The van der Waals surface area contributed by atoms with Crippen molar-refractivity contribution < 1.29 is 22.7 Å². The molecule has 10 heteroatoms. The summed E-state index contributed by atoms with van der Waals surface area (Å²) in [6.45, 7) is 8.60. The molecule has 1 amide bonds. The summed E-state index contributed by atoms with van der Waals surface area (Å²) in [4.78, 5) is 28.4. The summed E-state index contributed by atoms with van der Waals surface area (Å²) in [5, 5.41) is 12.8. The molecule has 0 bridgehead atoms. The van der Waals surface area contributed by atoms with E-state index in [1.54, 1.807) is 69.3 Å². The second kappa shape index (κ2) is 15.6. The number of aryl methyl sites for hydroxylation is 1.